The van der Waals surface area contributed by atoms with Crippen LogP contribution in [0.4, 0.5) is 0 Å². The number of nitrogens with zero attached hydrogens (tertiary/aromatic N) is 3. The predicted octanol–water partition coefficient (Wildman–Crippen LogP) is 5.59. The smallest absolute Gasteiger partial charge is 0.347 e. The Bertz CT molecular complexity index is 1870. The molecule has 186 valence electrons. The van der Waals surface area contributed by atoms with Gasteiger partial charge in [0.05, 0.1) is 5.69 Å². The van der Waals surface area contributed by atoms with E-state index in [0.29, 0.717) is 16.2 Å². The van der Waals surface area contributed by atoms with E-state index in [4.69, 9.17) is 21.7 Å². The predicted molar refractivity (Wildman–Crippen MR) is 145 cm³/mol. The third kappa shape index (κ3) is 4.41. The summed E-state index contributed by atoms with van der Waals surface area (Å²) in [5.74, 6) is -1.70. The Kier molecular flexibility index (Phi) is 6.70. The van der Waals surface area contributed by atoms with Crippen molar-refractivity contribution < 1.29 is 19.1 Å². The molecule has 0 radical (unpaired) electrons. The van der Waals surface area contributed by atoms with E-state index in [1.165, 1.54) is 23.6 Å². The van der Waals surface area contributed by atoms with Crippen LogP contribution in [0.3, 0.4) is 0 Å². The number of carbonyl (C=O) groups is 2. The Morgan fingerprint density at radius 1 is 0.868 bits per heavy atom. The molecule has 2 aromatic heterocycles. The molecule has 0 atom stereocenters. The first-order chi connectivity index (χ1) is 18.4. The highest BCUT2D eigenvalue weighted by Crippen LogP contribution is 2.38. The number of ether oxygens (including phenoxy) is 2. The molecule has 10 heteroatoms. The minimum atomic E-state index is -0.891. The Morgan fingerprint density at radius 3 is 2.05 bits per heavy atom. The van der Waals surface area contributed by atoms with E-state index in [-0.39, 0.29) is 32.1 Å². The topological polar surface area (TPSA) is 103 Å². The van der Waals surface area contributed by atoms with Gasteiger partial charge in [-0.15, -0.1) is 11.3 Å². The summed E-state index contributed by atoms with van der Waals surface area (Å²) in [6.07, 6.45) is 0. The van der Waals surface area contributed by atoms with Crippen molar-refractivity contribution in [1.82, 2.24) is 9.13 Å². The number of carbonyl (C=O) groups excluding carboxylic acids is 2. The van der Waals surface area contributed by atoms with Gasteiger partial charge in [0, 0.05) is 12.6 Å². The average molecular weight is 540 g/mol. The molecule has 0 fully saturated rings. The lowest BCUT2D eigenvalue weighted by atomic mass is 10.2. The highest BCUT2D eigenvalue weighted by molar-refractivity contribution is 7.71. The lowest BCUT2D eigenvalue weighted by Gasteiger charge is -2.14. The summed E-state index contributed by atoms with van der Waals surface area (Å²) in [6.45, 7) is 1.21. The van der Waals surface area contributed by atoms with Gasteiger partial charge < -0.3 is 9.47 Å². The molecule has 3 aromatic carbocycles. The number of hydrogen-bond acceptors (Lipinski definition) is 8. The molecule has 0 aliphatic heterocycles. The highest BCUT2D eigenvalue weighted by atomic mass is 32.1. The number of thiophene rings is 1. The Balaban J connectivity index is 1.80. The molecule has 0 amide bonds. The lowest BCUT2D eigenvalue weighted by Crippen LogP contribution is -2.24. The van der Waals surface area contributed by atoms with Crippen molar-refractivity contribution in [3.05, 3.63) is 110 Å². The zero-order valence-corrected chi connectivity index (χ0v) is 21.4. The van der Waals surface area contributed by atoms with Crippen LogP contribution in [0.1, 0.15) is 22.2 Å². The van der Waals surface area contributed by atoms with E-state index < -0.39 is 17.5 Å². The third-order valence-electron chi connectivity index (χ3n) is 5.53. The first-order valence-corrected chi connectivity index (χ1v) is 12.5. The molecule has 8 nitrogen and oxygen atoms in total. The number of rotatable bonds is 5. The highest BCUT2D eigenvalue weighted by Gasteiger charge is 2.27. The van der Waals surface area contributed by atoms with Crippen LogP contribution < -0.4 is 15.0 Å². The van der Waals surface area contributed by atoms with E-state index in [9.17, 15) is 19.6 Å². The van der Waals surface area contributed by atoms with Gasteiger partial charge in [-0.2, -0.15) is 5.26 Å². The first-order valence-electron chi connectivity index (χ1n) is 11.3. The van der Waals surface area contributed by atoms with E-state index in [2.05, 4.69) is 0 Å². The fourth-order valence-electron chi connectivity index (χ4n) is 3.94. The number of aromatic nitrogens is 2. The van der Waals surface area contributed by atoms with Crippen molar-refractivity contribution >= 4 is 45.7 Å². The van der Waals surface area contributed by atoms with Gasteiger partial charge in [-0.1, -0.05) is 48.5 Å². The first kappa shape index (κ1) is 24.8. The molecule has 0 bridgehead atoms. The van der Waals surface area contributed by atoms with Crippen molar-refractivity contribution in [2.45, 2.75) is 6.92 Å². The SMILES string of the molecule is CC(=O)Oc1ccccc1C(=O)Oc1c(C#N)sc2c1c(=O)n(-c1ccccc1)c(=S)n2-c1ccccc1. The largest absolute Gasteiger partial charge is 0.426 e. The van der Waals surface area contributed by atoms with Crippen molar-refractivity contribution in [2.75, 3.05) is 0 Å². The summed E-state index contributed by atoms with van der Waals surface area (Å²) in [7, 11) is 0. The van der Waals surface area contributed by atoms with Crippen LogP contribution in [0.5, 0.6) is 11.5 Å². The fraction of sp³-hybridized carbons (Fsp3) is 0.0357. The molecule has 2 heterocycles. The Hall–Kier alpha value is -4.85. The summed E-state index contributed by atoms with van der Waals surface area (Å²) >= 11 is 6.76. The van der Waals surface area contributed by atoms with Gasteiger partial charge >= 0.3 is 11.9 Å². The molecule has 0 aliphatic rings. The molecule has 5 aromatic rings. The second-order valence-corrected chi connectivity index (χ2v) is 9.33. The summed E-state index contributed by atoms with van der Waals surface area (Å²) in [5, 5.41) is 9.96. The number of hydrogen-bond donors (Lipinski definition) is 0. The molecule has 38 heavy (non-hydrogen) atoms. The third-order valence-corrected chi connectivity index (χ3v) is 6.96. The van der Waals surface area contributed by atoms with Crippen molar-refractivity contribution in [2.24, 2.45) is 0 Å². The van der Waals surface area contributed by atoms with Crippen LogP contribution in [0.25, 0.3) is 21.6 Å². The van der Waals surface area contributed by atoms with Gasteiger partial charge in [0.2, 0.25) is 0 Å². The number of benzene rings is 3. The number of esters is 2. The number of nitriles is 1. The van der Waals surface area contributed by atoms with Crippen molar-refractivity contribution in [3.63, 3.8) is 0 Å². The molecular formula is C28H17N3O5S2. The standard InChI is InChI=1S/C28H17N3O5S2/c1-17(32)35-21-15-9-8-14-20(21)27(34)36-24-22(16-29)38-26-23(24)25(33)30(18-10-4-2-5-11-18)28(37)31(26)19-12-6-3-7-13-19/h2-15H,1H3. The maximum atomic E-state index is 13.9. The molecule has 0 unspecified atom stereocenters. The van der Waals surface area contributed by atoms with Crippen LogP contribution >= 0.6 is 23.6 Å². The van der Waals surface area contributed by atoms with Gasteiger partial charge in [0.25, 0.3) is 5.56 Å². The van der Waals surface area contributed by atoms with Gasteiger partial charge in [0.15, 0.2) is 15.4 Å². The molecule has 0 aliphatic carbocycles. The number of para-hydroxylation sites is 3. The summed E-state index contributed by atoms with van der Waals surface area (Å²) < 4.78 is 14.0. The summed E-state index contributed by atoms with van der Waals surface area (Å²) in [4.78, 5) is 39.1. The van der Waals surface area contributed by atoms with Crippen LogP contribution in [-0.2, 0) is 4.79 Å². The maximum absolute atomic E-state index is 13.9. The van der Waals surface area contributed by atoms with Crippen molar-refractivity contribution in [3.8, 4) is 28.9 Å². The van der Waals surface area contributed by atoms with E-state index in [1.807, 2.05) is 42.5 Å². The van der Waals surface area contributed by atoms with Crippen LogP contribution in [-0.4, -0.2) is 21.1 Å². The zero-order chi connectivity index (χ0) is 26.8. The second-order valence-electron chi connectivity index (χ2n) is 7.96. The molecule has 0 saturated carbocycles. The molecule has 0 N–H and O–H groups in total. The minimum Gasteiger partial charge on any atom is -0.426 e. The van der Waals surface area contributed by atoms with Crippen LogP contribution in [0.2, 0.25) is 0 Å². The fourth-order valence-corrected chi connectivity index (χ4v) is 5.43. The lowest BCUT2D eigenvalue weighted by molar-refractivity contribution is -0.131. The summed E-state index contributed by atoms with van der Waals surface area (Å²) in [5.41, 5.74) is 0.592. The monoisotopic (exact) mass is 539 g/mol. The average Bonchev–Trinajstić information content (AvgIpc) is 3.28. The minimum absolute atomic E-state index is 0.00284. The Morgan fingerprint density at radius 2 is 1.45 bits per heavy atom. The van der Waals surface area contributed by atoms with E-state index >= 15 is 0 Å². The van der Waals surface area contributed by atoms with Gasteiger partial charge in [-0.05, 0) is 48.6 Å². The van der Waals surface area contributed by atoms with E-state index in [0.717, 1.165) is 11.3 Å². The quantitative estimate of drug-likeness (QED) is 0.163. The molecular weight excluding hydrogens is 522 g/mol. The Labute approximate surface area is 225 Å². The van der Waals surface area contributed by atoms with Gasteiger partial charge in [0.1, 0.15) is 27.6 Å². The van der Waals surface area contributed by atoms with Crippen molar-refractivity contribution in [1.29, 1.82) is 5.26 Å². The zero-order valence-electron chi connectivity index (χ0n) is 19.8. The van der Waals surface area contributed by atoms with Gasteiger partial charge in [-0.25, -0.2) is 4.79 Å². The van der Waals surface area contributed by atoms with E-state index in [1.54, 1.807) is 41.0 Å². The molecule has 0 spiro atoms. The molecule has 0 saturated heterocycles. The maximum Gasteiger partial charge on any atom is 0.347 e. The number of fused-ring (bicyclic) bond motifs is 1. The summed E-state index contributed by atoms with van der Waals surface area (Å²) in [6, 6.07) is 26.1. The molecule has 5 rings (SSSR count). The second kappa shape index (κ2) is 10.3. The normalized spacial score (nSPS) is 10.6. The van der Waals surface area contributed by atoms with Gasteiger partial charge in [-0.3, -0.25) is 18.7 Å². The van der Waals surface area contributed by atoms with Crippen LogP contribution in [0, 0.1) is 16.1 Å². The van der Waals surface area contributed by atoms with Crippen LogP contribution in [0.15, 0.2) is 89.7 Å².